The minimum Gasteiger partial charge on any atom is -0.632 e. The van der Waals surface area contributed by atoms with E-state index in [1.165, 1.54) is 13.3 Å². The number of nitrogens with zero attached hydrogens (tertiary/aromatic N) is 1. The van der Waals surface area contributed by atoms with Crippen LogP contribution in [0.25, 0.3) is 0 Å². The molecule has 1 fully saturated rings. The number of hydrogen-bond donors (Lipinski definition) is 1. The molecule has 0 saturated heterocycles. The molecule has 0 aromatic rings. The molecular weight excluding hydrogens is 222 g/mol. The van der Waals surface area contributed by atoms with E-state index in [0.717, 1.165) is 25.7 Å². The predicted molar refractivity (Wildman–Crippen MR) is 64.0 cm³/mol. The number of aliphatic hydroxyl groups is 1. The quantitative estimate of drug-likeness (QED) is 0.433. The molecule has 1 N–H and O–H groups in total. The van der Waals surface area contributed by atoms with E-state index in [-0.39, 0.29) is 38.3 Å². The average molecular weight is 245 g/mol. The summed E-state index contributed by atoms with van der Waals surface area (Å²) >= 11 is 0. The monoisotopic (exact) mass is 245 g/mol. The van der Waals surface area contributed by atoms with Gasteiger partial charge in [0.05, 0.1) is 12.6 Å². The molecule has 0 heterocycles. The highest BCUT2D eigenvalue weighted by molar-refractivity contribution is 5.65. The molecule has 1 unspecified atom stereocenters. The van der Waals surface area contributed by atoms with E-state index in [1.54, 1.807) is 0 Å². The maximum atomic E-state index is 12.6. The molecule has 0 amide bonds. The molecule has 1 aliphatic rings. The van der Waals surface area contributed by atoms with Gasteiger partial charge in [0.15, 0.2) is 0 Å². The summed E-state index contributed by atoms with van der Waals surface area (Å²) in [5.74, 6) is -0.357. The van der Waals surface area contributed by atoms with Crippen molar-refractivity contribution in [2.75, 3.05) is 26.3 Å². The van der Waals surface area contributed by atoms with Gasteiger partial charge >= 0.3 is 5.97 Å². The highest BCUT2D eigenvalue weighted by Crippen LogP contribution is 2.27. The van der Waals surface area contributed by atoms with E-state index in [0.29, 0.717) is 0 Å². The Balaban J connectivity index is 2.50. The molecule has 0 radical (unpaired) electrons. The number of hydrogen-bond acceptors (Lipinski definition) is 4. The van der Waals surface area contributed by atoms with Crippen LogP contribution in [0.4, 0.5) is 0 Å². The van der Waals surface area contributed by atoms with E-state index in [9.17, 15) is 10.0 Å². The van der Waals surface area contributed by atoms with Gasteiger partial charge in [-0.15, -0.1) is 0 Å². The summed E-state index contributed by atoms with van der Waals surface area (Å²) in [5, 5.41) is 21.6. The van der Waals surface area contributed by atoms with Crippen molar-refractivity contribution in [3.05, 3.63) is 5.21 Å². The van der Waals surface area contributed by atoms with Gasteiger partial charge in [-0.25, -0.2) is 0 Å². The van der Waals surface area contributed by atoms with Gasteiger partial charge in [-0.1, -0.05) is 6.42 Å². The smallest absolute Gasteiger partial charge is 0.302 e. The summed E-state index contributed by atoms with van der Waals surface area (Å²) in [5.41, 5.74) is 0. The van der Waals surface area contributed by atoms with Crippen LogP contribution in [-0.2, 0) is 9.53 Å². The largest absolute Gasteiger partial charge is 0.632 e. The Morgan fingerprint density at radius 1 is 1.35 bits per heavy atom. The topological polar surface area (TPSA) is 69.6 Å². The van der Waals surface area contributed by atoms with Crippen molar-refractivity contribution in [2.24, 2.45) is 0 Å². The second kappa shape index (κ2) is 6.93. The van der Waals surface area contributed by atoms with Gasteiger partial charge in [-0.3, -0.25) is 4.79 Å². The Hall–Kier alpha value is -0.650. The minimum absolute atomic E-state index is 0.0615. The predicted octanol–water partition coefficient (Wildman–Crippen LogP) is 1.19. The molecule has 0 spiro atoms. The molecule has 1 rings (SSSR count). The number of carbonyl (C=O) groups excluding carboxylic acids is 1. The molecule has 1 saturated carbocycles. The Kier molecular flexibility index (Phi) is 5.88. The number of rotatable bonds is 6. The lowest BCUT2D eigenvalue weighted by atomic mass is 9.94. The summed E-state index contributed by atoms with van der Waals surface area (Å²) in [6, 6.07) is 0.0615. The maximum absolute atomic E-state index is 12.6. The van der Waals surface area contributed by atoms with Gasteiger partial charge in [0.1, 0.15) is 19.7 Å². The van der Waals surface area contributed by atoms with Crippen LogP contribution in [0.5, 0.6) is 0 Å². The third-order valence-corrected chi connectivity index (χ3v) is 3.49. The van der Waals surface area contributed by atoms with Gasteiger partial charge in [-0.2, -0.15) is 0 Å². The van der Waals surface area contributed by atoms with Crippen molar-refractivity contribution in [1.82, 2.24) is 0 Å². The van der Waals surface area contributed by atoms with Crippen LogP contribution in [0.15, 0.2) is 0 Å². The zero-order valence-corrected chi connectivity index (χ0v) is 10.6. The molecule has 1 atom stereocenters. The van der Waals surface area contributed by atoms with Crippen molar-refractivity contribution >= 4 is 5.97 Å². The zero-order valence-electron chi connectivity index (χ0n) is 10.6. The fraction of sp³-hybridized carbons (Fsp3) is 0.917. The first-order valence-electron chi connectivity index (χ1n) is 6.40. The van der Waals surface area contributed by atoms with Crippen LogP contribution < -0.4 is 0 Å². The van der Waals surface area contributed by atoms with E-state index in [1.807, 2.05) is 0 Å². The highest BCUT2D eigenvalue weighted by Gasteiger charge is 2.29. The first-order chi connectivity index (χ1) is 8.08. The molecule has 0 aromatic carbocycles. The lowest BCUT2D eigenvalue weighted by Crippen LogP contribution is -2.54. The van der Waals surface area contributed by atoms with E-state index >= 15 is 0 Å². The molecule has 5 nitrogen and oxygen atoms in total. The Labute approximate surface area is 103 Å². The van der Waals surface area contributed by atoms with Crippen molar-refractivity contribution in [3.8, 4) is 0 Å². The zero-order chi connectivity index (χ0) is 12.7. The third-order valence-electron chi connectivity index (χ3n) is 3.49. The van der Waals surface area contributed by atoms with Crippen LogP contribution in [0.1, 0.15) is 39.0 Å². The molecule has 100 valence electrons. The fourth-order valence-corrected chi connectivity index (χ4v) is 2.54. The number of quaternary nitrogens is 1. The average Bonchev–Trinajstić information content (AvgIpc) is 2.30. The van der Waals surface area contributed by atoms with Gasteiger partial charge in [-0.05, 0) is 25.7 Å². The SMILES string of the molecule is CC(=O)OCC[N+]([O-])(CCO)C1CCCCC1. The van der Waals surface area contributed by atoms with Gasteiger partial charge in [0.25, 0.3) is 0 Å². The Morgan fingerprint density at radius 3 is 2.53 bits per heavy atom. The van der Waals surface area contributed by atoms with Crippen molar-refractivity contribution < 1.29 is 19.3 Å². The summed E-state index contributed by atoms with van der Waals surface area (Å²) in [7, 11) is 0. The first-order valence-corrected chi connectivity index (χ1v) is 6.40. The standard InChI is InChI=1S/C12H23NO4/c1-11(15)17-10-8-13(16,7-9-14)12-5-3-2-4-6-12/h12,14H,2-10H2,1H3. The normalized spacial score (nSPS) is 20.9. The maximum Gasteiger partial charge on any atom is 0.302 e. The molecular formula is C12H23NO4. The number of ether oxygens (including phenoxy) is 1. The summed E-state index contributed by atoms with van der Waals surface area (Å²) < 4.78 is 4.43. The van der Waals surface area contributed by atoms with Crippen LogP contribution >= 0.6 is 0 Å². The Bertz CT molecular complexity index is 241. The third kappa shape index (κ3) is 4.61. The number of aliphatic hydroxyl groups excluding tert-OH is 1. The van der Waals surface area contributed by atoms with Crippen molar-refractivity contribution in [2.45, 2.75) is 45.1 Å². The van der Waals surface area contributed by atoms with Crippen LogP contribution in [0, 0.1) is 5.21 Å². The molecule has 0 aromatic heterocycles. The van der Waals surface area contributed by atoms with Gasteiger partial charge in [0, 0.05) is 6.92 Å². The van der Waals surface area contributed by atoms with Crippen molar-refractivity contribution in [3.63, 3.8) is 0 Å². The first kappa shape index (κ1) is 14.4. The lowest BCUT2D eigenvalue weighted by molar-refractivity contribution is -0.907. The van der Waals surface area contributed by atoms with Crippen molar-refractivity contribution in [1.29, 1.82) is 0 Å². The summed E-state index contributed by atoms with van der Waals surface area (Å²) in [6.45, 7) is 1.83. The molecule has 17 heavy (non-hydrogen) atoms. The second-order valence-corrected chi connectivity index (χ2v) is 4.76. The Morgan fingerprint density at radius 2 is 2.00 bits per heavy atom. The fourth-order valence-electron chi connectivity index (χ4n) is 2.54. The summed E-state index contributed by atoms with van der Waals surface area (Å²) in [4.78, 5) is 10.7. The number of esters is 1. The van der Waals surface area contributed by atoms with Gasteiger partial charge in [0.2, 0.25) is 0 Å². The second-order valence-electron chi connectivity index (χ2n) is 4.76. The molecule has 5 heteroatoms. The highest BCUT2D eigenvalue weighted by atomic mass is 16.6. The molecule has 0 aliphatic heterocycles. The van der Waals surface area contributed by atoms with E-state index in [4.69, 9.17) is 9.84 Å². The minimum atomic E-state index is -0.413. The number of hydroxylamine groups is 3. The van der Waals surface area contributed by atoms with Crippen LogP contribution in [0.2, 0.25) is 0 Å². The lowest BCUT2D eigenvalue weighted by Gasteiger charge is -2.49. The molecule has 1 aliphatic carbocycles. The van der Waals surface area contributed by atoms with Crippen LogP contribution in [0.3, 0.4) is 0 Å². The van der Waals surface area contributed by atoms with Crippen LogP contribution in [-0.4, -0.2) is 48.1 Å². The van der Waals surface area contributed by atoms with E-state index in [2.05, 4.69) is 0 Å². The van der Waals surface area contributed by atoms with E-state index < -0.39 is 4.65 Å². The summed E-state index contributed by atoms with van der Waals surface area (Å²) in [6.07, 6.45) is 5.21. The van der Waals surface area contributed by atoms with Gasteiger partial charge < -0.3 is 19.7 Å². The number of carbonyl (C=O) groups is 1. The molecule has 0 bridgehead atoms.